The Hall–Kier alpha value is -0.760. The van der Waals surface area contributed by atoms with Crippen LogP contribution in [0.15, 0.2) is 18.3 Å². The summed E-state index contributed by atoms with van der Waals surface area (Å²) < 4.78 is 0. The first kappa shape index (κ1) is 5.38. The van der Waals surface area contributed by atoms with Gasteiger partial charge in [-0.15, -0.1) is 0 Å². The van der Waals surface area contributed by atoms with Gasteiger partial charge in [0.1, 0.15) is 0 Å². The van der Waals surface area contributed by atoms with Gasteiger partial charge in [-0.3, -0.25) is 0 Å². The first-order valence-corrected chi connectivity index (χ1v) is 2.76. The predicted octanol–water partition coefficient (Wildman–Crippen LogP) is 0.516. The molecule has 1 heterocycles. The van der Waals surface area contributed by atoms with E-state index >= 15 is 0 Å². The normalized spacial score (nSPS) is 9.62. The van der Waals surface area contributed by atoms with Gasteiger partial charge in [0.2, 0.25) is 0 Å². The number of nitrogens with one attached hydrogen (secondary N) is 1. The minimum Gasteiger partial charge on any atom is -0.365 e. The average Bonchev–Trinajstić information content (AvgIpc) is 2.19. The van der Waals surface area contributed by atoms with Crippen LogP contribution in [-0.4, -0.2) is 11.5 Å². The Bertz CT molecular complexity index is 132. The fourth-order valence-corrected chi connectivity index (χ4v) is 0.679. The maximum Gasteiger partial charge on any atom is 0.0159 e. The van der Waals surface area contributed by atoms with Gasteiger partial charge >= 0.3 is 0 Å². The zero-order chi connectivity index (χ0) is 5.82. The number of hydrogen-bond acceptors (Lipinski definition) is 1. The molecule has 2 heteroatoms. The third-order valence-electron chi connectivity index (χ3n) is 1.08. The lowest BCUT2D eigenvalue weighted by molar-refractivity contribution is 0.935. The Kier molecular flexibility index (Phi) is 1.70. The van der Waals surface area contributed by atoms with Crippen LogP contribution in [0.25, 0.3) is 0 Å². The van der Waals surface area contributed by atoms with Crippen LogP contribution in [-0.2, 0) is 6.42 Å². The number of H-pyrrole nitrogens is 1. The molecule has 1 aromatic rings. The molecule has 1 aromatic heterocycles. The average molecular weight is 110 g/mol. The smallest absolute Gasteiger partial charge is 0.0159 e. The summed E-state index contributed by atoms with van der Waals surface area (Å²) >= 11 is 0. The van der Waals surface area contributed by atoms with Crippen LogP contribution in [0, 0.1) is 0 Å². The van der Waals surface area contributed by atoms with Crippen LogP contribution < -0.4 is 5.73 Å². The van der Waals surface area contributed by atoms with Crippen molar-refractivity contribution in [3.8, 4) is 0 Å². The molecule has 0 fully saturated rings. The van der Waals surface area contributed by atoms with Crippen molar-refractivity contribution in [3.05, 3.63) is 24.0 Å². The molecule has 0 saturated carbocycles. The monoisotopic (exact) mass is 110 g/mol. The molecule has 0 atom stereocenters. The number of aromatic amines is 1. The van der Waals surface area contributed by atoms with E-state index in [2.05, 4.69) is 4.98 Å². The van der Waals surface area contributed by atoms with Crippen LogP contribution in [0.2, 0.25) is 0 Å². The molecule has 0 aliphatic heterocycles. The van der Waals surface area contributed by atoms with Gasteiger partial charge < -0.3 is 10.7 Å². The molecule has 0 aliphatic carbocycles. The molecule has 0 amide bonds. The van der Waals surface area contributed by atoms with Crippen LogP contribution in [0.5, 0.6) is 0 Å². The van der Waals surface area contributed by atoms with Gasteiger partial charge in [0.05, 0.1) is 0 Å². The maximum atomic E-state index is 5.30. The summed E-state index contributed by atoms with van der Waals surface area (Å²) in [6.07, 6.45) is 2.86. The lowest BCUT2D eigenvalue weighted by Gasteiger charge is -1.88. The fourth-order valence-electron chi connectivity index (χ4n) is 0.679. The maximum absolute atomic E-state index is 5.30. The number of nitrogens with two attached hydrogens (primary N) is 1. The molecular weight excluding hydrogens is 100 g/mol. The summed E-state index contributed by atoms with van der Waals surface area (Å²) in [6.45, 7) is 0.723. The lowest BCUT2D eigenvalue weighted by Crippen LogP contribution is -2.02. The van der Waals surface area contributed by atoms with E-state index in [1.54, 1.807) is 0 Å². The van der Waals surface area contributed by atoms with E-state index in [1.165, 1.54) is 5.69 Å². The molecule has 44 valence electrons. The molecule has 2 nitrogen and oxygen atoms in total. The standard InChI is InChI=1S/C6H10N2/c7-4-3-6-2-1-5-8-6/h1-2,5,8H,3-4,7H2. The molecule has 8 heavy (non-hydrogen) atoms. The van der Waals surface area contributed by atoms with E-state index in [9.17, 15) is 0 Å². The van der Waals surface area contributed by atoms with Crippen LogP contribution in [0.1, 0.15) is 5.69 Å². The molecular formula is C6H10N2. The van der Waals surface area contributed by atoms with E-state index in [4.69, 9.17) is 5.73 Å². The predicted molar refractivity (Wildman–Crippen MR) is 33.6 cm³/mol. The highest BCUT2D eigenvalue weighted by Crippen LogP contribution is 1.92. The molecule has 0 unspecified atom stereocenters. The van der Waals surface area contributed by atoms with Crippen LogP contribution in [0.3, 0.4) is 0 Å². The second-order valence-electron chi connectivity index (χ2n) is 1.73. The van der Waals surface area contributed by atoms with Crippen LogP contribution >= 0.6 is 0 Å². The van der Waals surface area contributed by atoms with E-state index in [1.807, 2.05) is 18.3 Å². The summed E-state index contributed by atoms with van der Waals surface area (Å²) in [4.78, 5) is 3.06. The zero-order valence-corrected chi connectivity index (χ0v) is 4.72. The highest BCUT2D eigenvalue weighted by molar-refractivity contribution is 5.03. The first-order chi connectivity index (χ1) is 3.93. The van der Waals surface area contributed by atoms with E-state index in [0.29, 0.717) is 0 Å². The molecule has 3 N–H and O–H groups in total. The molecule has 0 saturated heterocycles. The Morgan fingerprint density at radius 1 is 1.62 bits per heavy atom. The third-order valence-corrected chi connectivity index (χ3v) is 1.08. The Morgan fingerprint density at radius 2 is 2.50 bits per heavy atom. The second kappa shape index (κ2) is 2.52. The van der Waals surface area contributed by atoms with Gasteiger partial charge in [-0.05, 0) is 25.1 Å². The van der Waals surface area contributed by atoms with Gasteiger partial charge in [-0.25, -0.2) is 0 Å². The van der Waals surface area contributed by atoms with Crippen molar-refractivity contribution in [2.75, 3.05) is 6.54 Å². The van der Waals surface area contributed by atoms with Gasteiger partial charge in [0.25, 0.3) is 0 Å². The summed E-state index contributed by atoms with van der Waals surface area (Å²) in [5.74, 6) is 0. The SMILES string of the molecule is NCCc1ccc[nH]1. The Labute approximate surface area is 48.7 Å². The van der Waals surface area contributed by atoms with Gasteiger partial charge in [0, 0.05) is 11.9 Å². The molecule has 0 aromatic carbocycles. The fraction of sp³-hybridized carbons (Fsp3) is 0.333. The summed E-state index contributed by atoms with van der Waals surface area (Å²) in [5.41, 5.74) is 6.52. The summed E-state index contributed by atoms with van der Waals surface area (Å²) in [6, 6.07) is 4.01. The van der Waals surface area contributed by atoms with Crippen molar-refractivity contribution in [1.29, 1.82) is 0 Å². The van der Waals surface area contributed by atoms with Crippen LogP contribution in [0.4, 0.5) is 0 Å². The van der Waals surface area contributed by atoms with E-state index < -0.39 is 0 Å². The molecule has 1 rings (SSSR count). The van der Waals surface area contributed by atoms with Crippen molar-refractivity contribution in [2.45, 2.75) is 6.42 Å². The molecule has 0 aliphatic rings. The minimum absolute atomic E-state index is 0.723. The summed E-state index contributed by atoms with van der Waals surface area (Å²) in [5, 5.41) is 0. The highest BCUT2D eigenvalue weighted by Gasteiger charge is 1.85. The quantitative estimate of drug-likeness (QED) is 0.572. The summed E-state index contributed by atoms with van der Waals surface area (Å²) in [7, 11) is 0. The van der Waals surface area contributed by atoms with E-state index in [0.717, 1.165) is 13.0 Å². The lowest BCUT2D eigenvalue weighted by atomic mass is 10.3. The number of aromatic nitrogens is 1. The zero-order valence-electron chi connectivity index (χ0n) is 4.72. The molecule has 0 radical (unpaired) electrons. The minimum atomic E-state index is 0.723. The Morgan fingerprint density at radius 3 is 3.00 bits per heavy atom. The molecule has 0 spiro atoms. The Balaban J connectivity index is 2.50. The van der Waals surface area contributed by atoms with Crippen molar-refractivity contribution in [3.63, 3.8) is 0 Å². The van der Waals surface area contributed by atoms with Crippen molar-refractivity contribution in [1.82, 2.24) is 4.98 Å². The third kappa shape index (κ3) is 1.10. The number of rotatable bonds is 2. The van der Waals surface area contributed by atoms with Gasteiger partial charge in [-0.1, -0.05) is 0 Å². The van der Waals surface area contributed by atoms with Gasteiger partial charge in [-0.2, -0.15) is 0 Å². The highest BCUT2D eigenvalue weighted by atomic mass is 14.7. The second-order valence-corrected chi connectivity index (χ2v) is 1.73. The van der Waals surface area contributed by atoms with Crippen molar-refractivity contribution < 1.29 is 0 Å². The number of hydrogen-bond donors (Lipinski definition) is 2. The van der Waals surface area contributed by atoms with E-state index in [-0.39, 0.29) is 0 Å². The molecule has 0 bridgehead atoms. The van der Waals surface area contributed by atoms with Crippen molar-refractivity contribution in [2.24, 2.45) is 5.73 Å². The first-order valence-electron chi connectivity index (χ1n) is 2.76. The largest absolute Gasteiger partial charge is 0.365 e. The van der Waals surface area contributed by atoms with Crippen molar-refractivity contribution >= 4 is 0 Å². The van der Waals surface area contributed by atoms with Gasteiger partial charge in [0.15, 0.2) is 0 Å². The topological polar surface area (TPSA) is 41.8 Å².